The van der Waals surface area contributed by atoms with Gasteiger partial charge in [-0.25, -0.2) is 0 Å². The molecule has 0 saturated carbocycles. The van der Waals surface area contributed by atoms with Crippen molar-refractivity contribution >= 4 is 5.91 Å². The van der Waals surface area contributed by atoms with E-state index < -0.39 is 0 Å². The van der Waals surface area contributed by atoms with E-state index in [1.807, 2.05) is 0 Å². The topological polar surface area (TPSA) is 23.6 Å². The average Bonchev–Trinajstić information content (AvgIpc) is 3.17. The molecule has 2 heterocycles. The van der Waals surface area contributed by atoms with Crippen LogP contribution >= 0.6 is 0 Å². The van der Waals surface area contributed by atoms with E-state index in [-0.39, 0.29) is 0 Å². The molecule has 136 valence electrons. The number of aryl methyl sites for hydroxylation is 2. The lowest BCUT2D eigenvalue weighted by molar-refractivity contribution is -0.130. The third-order valence-corrected chi connectivity index (χ3v) is 6.06. The molecule has 3 heteroatoms. The van der Waals surface area contributed by atoms with Gasteiger partial charge in [-0.2, -0.15) is 0 Å². The Morgan fingerprint density at radius 3 is 2.65 bits per heavy atom. The second kappa shape index (κ2) is 7.63. The van der Waals surface area contributed by atoms with Gasteiger partial charge in [-0.1, -0.05) is 48.5 Å². The van der Waals surface area contributed by atoms with E-state index in [1.165, 1.54) is 22.3 Å². The Balaban J connectivity index is 1.31. The third kappa shape index (κ3) is 3.68. The van der Waals surface area contributed by atoms with E-state index in [9.17, 15) is 4.79 Å². The molecule has 2 aliphatic heterocycles. The van der Waals surface area contributed by atoms with Crippen LogP contribution in [0, 0.1) is 6.92 Å². The zero-order valence-corrected chi connectivity index (χ0v) is 15.7. The molecule has 0 aromatic heterocycles. The van der Waals surface area contributed by atoms with Gasteiger partial charge in [0, 0.05) is 38.6 Å². The summed E-state index contributed by atoms with van der Waals surface area (Å²) in [7, 11) is 0. The number of fused-ring (bicyclic) bond motifs is 1. The zero-order chi connectivity index (χ0) is 17.9. The summed E-state index contributed by atoms with van der Waals surface area (Å²) in [4.78, 5) is 17.3. The summed E-state index contributed by atoms with van der Waals surface area (Å²) in [6.45, 7) is 6.09. The van der Waals surface area contributed by atoms with Crippen molar-refractivity contribution in [2.45, 2.75) is 45.2 Å². The summed E-state index contributed by atoms with van der Waals surface area (Å²) in [6, 6.07) is 17.7. The Morgan fingerprint density at radius 1 is 1.04 bits per heavy atom. The first-order valence-electron chi connectivity index (χ1n) is 9.84. The number of carbonyl (C=O) groups is 1. The van der Waals surface area contributed by atoms with Crippen molar-refractivity contribution in [2.24, 2.45) is 0 Å². The van der Waals surface area contributed by atoms with Gasteiger partial charge in [0.1, 0.15) is 0 Å². The quantitative estimate of drug-likeness (QED) is 0.843. The van der Waals surface area contributed by atoms with Crippen LogP contribution in [0.5, 0.6) is 0 Å². The summed E-state index contributed by atoms with van der Waals surface area (Å²) in [5.74, 6) is 0.313. The summed E-state index contributed by atoms with van der Waals surface area (Å²) < 4.78 is 0. The van der Waals surface area contributed by atoms with Crippen molar-refractivity contribution in [2.75, 3.05) is 19.6 Å². The van der Waals surface area contributed by atoms with Gasteiger partial charge >= 0.3 is 0 Å². The monoisotopic (exact) mass is 348 g/mol. The van der Waals surface area contributed by atoms with Crippen LogP contribution in [0.15, 0.2) is 48.5 Å². The Hall–Kier alpha value is -2.13. The van der Waals surface area contributed by atoms with Gasteiger partial charge in [0.25, 0.3) is 0 Å². The molecule has 0 spiro atoms. The SMILES string of the molecule is Cc1ccccc1CCC(=O)N1CCC(N2CCc3ccccc3C2)C1. The molecule has 0 bridgehead atoms. The molecule has 3 nitrogen and oxygen atoms in total. The fourth-order valence-corrected chi connectivity index (χ4v) is 4.39. The minimum absolute atomic E-state index is 0.313. The summed E-state index contributed by atoms with van der Waals surface area (Å²) >= 11 is 0. The van der Waals surface area contributed by atoms with Gasteiger partial charge in [-0.15, -0.1) is 0 Å². The van der Waals surface area contributed by atoms with Gasteiger partial charge in [0.05, 0.1) is 0 Å². The second-order valence-corrected chi connectivity index (χ2v) is 7.70. The standard InChI is InChI=1S/C23H28N2O/c1-18-6-2-3-7-19(18)10-11-23(26)25-15-13-22(17-25)24-14-12-20-8-4-5-9-21(20)16-24/h2-9,22H,10-17H2,1H3. The lowest BCUT2D eigenvalue weighted by Gasteiger charge is -2.33. The van der Waals surface area contributed by atoms with Crippen LogP contribution in [0.2, 0.25) is 0 Å². The van der Waals surface area contributed by atoms with Crippen molar-refractivity contribution in [1.29, 1.82) is 0 Å². The van der Waals surface area contributed by atoms with Crippen LogP contribution in [-0.4, -0.2) is 41.4 Å². The van der Waals surface area contributed by atoms with Crippen molar-refractivity contribution in [1.82, 2.24) is 9.80 Å². The highest BCUT2D eigenvalue weighted by molar-refractivity contribution is 5.76. The maximum atomic E-state index is 12.7. The fraction of sp³-hybridized carbons (Fsp3) is 0.435. The van der Waals surface area contributed by atoms with Crippen molar-refractivity contribution in [3.8, 4) is 0 Å². The molecule has 4 rings (SSSR count). The molecule has 0 N–H and O–H groups in total. The van der Waals surface area contributed by atoms with Gasteiger partial charge in [0.15, 0.2) is 0 Å². The maximum Gasteiger partial charge on any atom is 0.222 e. The van der Waals surface area contributed by atoms with E-state index in [1.54, 1.807) is 0 Å². The van der Waals surface area contributed by atoms with E-state index in [0.29, 0.717) is 18.4 Å². The number of amides is 1. The molecule has 0 aliphatic carbocycles. The predicted octanol–water partition coefficient (Wildman–Crippen LogP) is 3.59. The zero-order valence-electron chi connectivity index (χ0n) is 15.7. The minimum Gasteiger partial charge on any atom is -0.341 e. The van der Waals surface area contributed by atoms with Crippen LogP contribution in [-0.2, 0) is 24.2 Å². The molecule has 1 fully saturated rings. The number of hydrogen-bond donors (Lipinski definition) is 0. The normalized spacial score (nSPS) is 20.2. The Labute approximate surface area is 156 Å². The van der Waals surface area contributed by atoms with Crippen molar-refractivity contribution in [3.05, 3.63) is 70.8 Å². The molecule has 2 aromatic carbocycles. The average molecular weight is 348 g/mol. The van der Waals surface area contributed by atoms with E-state index in [0.717, 1.165) is 45.4 Å². The van der Waals surface area contributed by atoms with Crippen LogP contribution < -0.4 is 0 Å². The first kappa shape index (κ1) is 17.3. The van der Waals surface area contributed by atoms with Crippen molar-refractivity contribution in [3.63, 3.8) is 0 Å². The first-order valence-corrected chi connectivity index (χ1v) is 9.84. The van der Waals surface area contributed by atoms with E-state index >= 15 is 0 Å². The number of rotatable bonds is 4. The predicted molar refractivity (Wildman–Crippen MR) is 105 cm³/mol. The third-order valence-electron chi connectivity index (χ3n) is 6.06. The van der Waals surface area contributed by atoms with Crippen LogP contribution in [0.1, 0.15) is 35.1 Å². The Morgan fingerprint density at radius 2 is 1.81 bits per heavy atom. The maximum absolute atomic E-state index is 12.7. The molecule has 1 saturated heterocycles. The number of carbonyl (C=O) groups excluding carboxylic acids is 1. The lowest BCUT2D eigenvalue weighted by atomic mass is 9.98. The molecule has 1 unspecified atom stereocenters. The number of likely N-dealkylation sites (tertiary alicyclic amines) is 1. The molecule has 1 amide bonds. The number of benzene rings is 2. The molecule has 2 aromatic rings. The first-order chi connectivity index (χ1) is 12.7. The van der Waals surface area contributed by atoms with Gasteiger partial charge < -0.3 is 4.90 Å². The molecular formula is C23H28N2O. The Kier molecular flexibility index (Phi) is 5.07. The smallest absolute Gasteiger partial charge is 0.222 e. The molecule has 1 atom stereocenters. The largest absolute Gasteiger partial charge is 0.341 e. The van der Waals surface area contributed by atoms with E-state index in [4.69, 9.17) is 0 Å². The number of hydrogen-bond acceptors (Lipinski definition) is 2. The highest BCUT2D eigenvalue weighted by Crippen LogP contribution is 2.25. The van der Waals surface area contributed by atoms with Crippen molar-refractivity contribution < 1.29 is 4.79 Å². The van der Waals surface area contributed by atoms with Crippen LogP contribution in [0.4, 0.5) is 0 Å². The second-order valence-electron chi connectivity index (χ2n) is 7.70. The fourth-order valence-electron chi connectivity index (χ4n) is 4.39. The highest BCUT2D eigenvalue weighted by atomic mass is 16.2. The van der Waals surface area contributed by atoms with Crippen LogP contribution in [0.25, 0.3) is 0 Å². The summed E-state index contributed by atoms with van der Waals surface area (Å²) in [5.41, 5.74) is 5.53. The number of nitrogens with zero attached hydrogens (tertiary/aromatic N) is 2. The van der Waals surface area contributed by atoms with Crippen LogP contribution in [0.3, 0.4) is 0 Å². The van der Waals surface area contributed by atoms with Gasteiger partial charge in [-0.05, 0) is 48.4 Å². The summed E-state index contributed by atoms with van der Waals surface area (Å²) in [5, 5.41) is 0. The molecule has 2 aliphatic rings. The lowest BCUT2D eigenvalue weighted by Crippen LogP contribution is -2.41. The highest BCUT2D eigenvalue weighted by Gasteiger charge is 2.31. The van der Waals surface area contributed by atoms with Gasteiger partial charge in [0.2, 0.25) is 5.91 Å². The minimum atomic E-state index is 0.313. The molecule has 26 heavy (non-hydrogen) atoms. The summed E-state index contributed by atoms with van der Waals surface area (Å²) in [6.07, 6.45) is 3.72. The Bertz CT molecular complexity index is 785. The van der Waals surface area contributed by atoms with Gasteiger partial charge in [-0.3, -0.25) is 9.69 Å². The van der Waals surface area contributed by atoms with E-state index in [2.05, 4.69) is 65.3 Å². The molecular weight excluding hydrogens is 320 g/mol. The molecule has 0 radical (unpaired) electrons.